The van der Waals surface area contributed by atoms with Crippen LogP contribution in [0.2, 0.25) is 0 Å². The molecule has 2 aromatic heterocycles. The molecule has 2 aliphatic rings. The van der Waals surface area contributed by atoms with Crippen molar-refractivity contribution in [3.63, 3.8) is 0 Å². The van der Waals surface area contributed by atoms with Crippen LogP contribution < -0.4 is 0 Å². The number of aryl methyl sites for hydroxylation is 1. The number of rotatable bonds is 3. The highest BCUT2D eigenvalue weighted by molar-refractivity contribution is 8.18. The quantitative estimate of drug-likeness (QED) is 0.725. The fourth-order valence-corrected chi connectivity index (χ4v) is 4.57. The maximum absolute atomic E-state index is 13.2. The summed E-state index contributed by atoms with van der Waals surface area (Å²) in [5.74, 6) is 0.691. The highest BCUT2D eigenvalue weighted by atomic mass is 32.2. The minimum absolute atomic E-state index is 0.0437. The Hall–Kier alpha value is -2.47. The molecule has 3 heterocycles. The first kappa shape index (κ1) is 17.9. The van der Waals surface area contributed by atoms with E-state index in [9.17, 15) is 4.79 Å². The van der Waals surface area contributed by atoms with E-state index < -0.39 is 0 Å². The van der Waals surface area contributed by atoms with Gasteiger partial charge in [-0.3, -0.25) is 14.7 Å². The molecule has 27 heavy (non-hydrogen) atoms. The van der Waals surface area contributed by atoms with Crippen molar-refractivity contribution in [1.29, 1.82) is 0 Å². The second-order valence-corrected chi connectivity index (χ2v) is 7.90. The molecule has 1 aliphatic heterocycles. The zero-order chi connectivity index (χ0) is 18.6. The average Bonchev–Trinajstić information content (AvgIpc) is 2.98. The highest BCUT2D eigenvalue weighted by Crippen LogP contribution is 2.38. The lowest BCUT2D eigenvalue weighted by Gasteiger charge is -2.30. The molecule has 0 atom stereocenters. The van der Waals surface area contributed by atoms with Crippen LogP contribution in [-0.4, -0.2) is 32.0 Å². The number of carbonyl (C=O) groups excluding carboxylic acids is 1. The predicted molar refractivity (Wildman–Crippen MR) is 110 cm³/mol. The lowest BCUT2D eigenvalue weighted by atomic mass is 9.94. The molecule has 0 spiro atoms. The van der Waals surface area contributed by atoms with Gasteiger partial charge in [0.2, 0.25) is 0 Å². The summed E-state index contributed by atoms with van der Waals surface area (Å²) in [6, 6.07) is 9.83. The highest BCUT2D eigenvalue weighted by Gasteiger charge is 2.38. The van der Waals surface area contributed by atoms with Gasteiger partial charge in [0.1, 0.15) is 0 Å². The number of thioether (sulfide) groups is 1. The van der Waals surface area contributed by atoms with Gasteiger partial charge < -0.3 is 0 Å². The maximum atomic E-state index is 13.2. The Kier molecular flexibility index (Phi) is 5.34. The summed E-state index contributed by atoms with van der Waals surface area (Å²) in [5.41, 5.74) is 1.84. The Morgan fingerprint density at radius 1 is 1.19 bits per heavy atom. The van der Waals surface area contributed by atoms with Crippen LogP contribution in [0.25, 0.3) is 6.08 Å². The number of amides is 1. The molecule has 2 fully saturated rings. The molecular formula is C21H22N4OS. The number of hydrogen-bond acceptors (Lipinski definition) is 5. The molecular weight excluding hydrogens is 356 g/mol. The van der Waals surface area contributed by atoms with Gasteiger partial charge in [0, 0.05) is 24.1 Å². The molecule has 0 radical (unpaired) electrons. The molecule has 1 saturated heterocycles. The van der Waals surface area contributed by atoms with Gasteiger partial charge in [-0.25, -0.2) is 9.98 Å². The largest absolute Gasteiger partial charge is 0.283 e. The summed E-state index contributed by atoms with van der Waals surface area (Å²) in [6.07, 6.45) is 11.0. The molecule has 2 aromatic rings. The number of aliphatic imine (C=N–C) groups is 1. The van der Waals surface area contributed by atoms with E-state index in [2.05, 4.69) is 9.97 Å². The summed E-state index contributed by atoms with van der Waals surface area (Å²) < 4.78 is 0. The number of nitrogens with zero attached hydrogens (tertiary/aromatic N) is 4. The lowest BCUT2D eigenvalue weighted by Crippen LogP contribution is -2.40. The zero-order valence-corrected chi connectivity index (χ0v) is 16.2. The molecule has 0 bridgehead atoms. The van der Waals surface area contributed by atoms with E-state index in [1.54, 1.807) is 12.4 Å². The third kappa shape index (κ3) is 4.11. The van der Waals surface area contributed by atoms with Crippen molar-refractivity contribution in [2.45, 2.75) is 45.1 Å². The molecule has 4 rings (SSSR count). The predicted octanol–water partition coefficient (Wildman–Crippen LogP) is 4.72. The van der Waals surface area contributed by atoms with Gasteiger partial charge in [0.05, 0.1) is 4.91 Å². The first-order chi connectivity index (χ1) is 13.2. The summed E-state index contributed by atoms with van der Waals surface area (Å²) >= 11 is 1.44. The minimum atomic E-state index is 0.0437. The number of aromatic nitrogens is 2. The fraction of sp³-hybridized carbons (Fsp3) is 0.333. The van der Waals surface area contributed by atoms with Crippen LogP contribution in [-0.2, 0) is 4.79 Å². The van der Waals surface area contributed by atoms with E-state index in [1.165, 1.54) is 18.2 Å². The Balaban J connectivity index is 1.70. The van der Waals surface area contributed by atoms with Crippen LogP contribution in [0.3, 0.4) is 0 Å². The first-order valence-electron chi connectivity index (χ1n) is 9.36. The lowest BCUT2D eigenvalue weighted by molar-refractivity contribution is -0.124. The van der Waals surface area contributed by atoms with Gasteiger partial charge in [0.15, 0.2) is 11.0 Å². The first-order valence-corrected chi connectivity index (χ1v) is 10.2. The third-order valence-electron chi connectivity index (χ3n) is 4.84. The Bertz CT molecular complexity index is 888. The molecule has 0 unspecified atom stereocenters. The third-order valence-corrected chi connectivity index (χ3v) is 5.83. The van der Waals surface area contributed by atoms with E-state index in [0.29, 0.717) is 10.7 Å². The van der Waals surface area contributed by atoms with Crippen LogP contribution in [0.15, 0.2) is 52.6 Å². The van der Waals surface area contributed by atoms with Crippen LogP contribution in [0, 0.1) is 6.92 Å². The molecule has 138 valence electrons. The minimum Gasteiger partial charge on any atom is -0.283 e. The van der Waals surface area contributed by atoms with Gasteiger partial charge in [-0.05, 0) is 61.4 Å². The standard InChI is InChI=1S/C21H22N4OS/c1-15-7-5-11-19(23-15)24-21-25(17-9-3-2-4-10-17)20(26)18(27-21)13-16-8-6-12-22-14-16/h5-8,11-14,17H,2-4,9-10H2,1H3/b18-13-,24-21+. The zero-order valence-electron chi connectivity index (χ0n) is 15.3. The Labute approximate surface area is 163 Å². The van der Waals surface area contributed by atoms with Crippen molar-refractivity contribution < 1.29 is 4.79 Å². The number of hydrogen-bond donors (Lipinski definition) is 0. The van der Waals surface area contributed by atoms with E-state index in [4.69, 9.17) is 4.99 Å². The smallest absolute Gasteiger partial charge is 0.267 e. The monoisotopic (exact) mass is 378 g/mol. The van der Waals surface area contributed by atoms with Crippen LogP contribution >= 0.6 is 11.8 Å². The van der Waals surface area contributed by atoms with Crippen LogP contribution in [0.5, 0.6) is 0 Å². The van der Waals surface area contributed by atoms with E-state index in [0.717, 1.165) is 42.1 Å². The van der Waals surface area contributed by atoms with E-state index in [1.807, 2.05) is 48.2 Å². The summed E-state index contributed by atoms with van der Waals surface area (Å²) in [7, 11) is 0. The second kappa shape index (κ2) is 8.05. The van der Waals surface area contributed by atoms with Crippen molar-refractivity contribution in [2.75, 3.05) is 0 Å². The molecule has 1 saturated carbocycles. The normalized spacial score (nSPS) is 21.4. The van der Waals surface area contributed by atoms with Crippen molar-refractivity contribution >= 4 is 34.7 Å². The summed E-state index contributed by atoms with van der Waals surface area (Å²) in [6.45, 7) is 1.95. The van der Waals surface area contributed by atoms with Gasteiger partial charge in [-0.2, -0.15) is 0 Å². The summed E-state index contributed by atoms with van der Waals surface area (Å²) in [4.78, 5) is 29.1. The van der Waals surface area contributed by atoms with Gasteiger partial charge in [-0.1, -0.05) is 31.4 Å². The molecule has 0 aromatic carbocycles. The van der Waals surface area contributed by atoms with E-state index in [-0.39, 0.29) is 11.9 Å². The van der Waals surface area contributed by atoms with Crippen LogP contribution in [0.4, 0.5) is 5.82 Å². The maximum Gasteiger partial charge on any atom is 0.267 e. The van der Waals surface area contributed by atoms with Crippen molar-refractivity contribution in [1.82, 2.24) is 14.9 Å². The number of carbonyl (C=O) groups is 1. The SMILES string of the molecule is Cc1cccc(/N=C2/S/C(=C\c3cccnc3)C(=O)N2C2CCCCC2)n1. The Morgan fingerprint density at radius 2 is 2.04 bits per heavy atom. The molecule has 1 aliphatic carbocycles. The van der Waals surface area contributed by atoms with Gasteiger partial charge in [0.25, 0.3) is 5.91 Å². The molecule has 0 N–H and O–H groups in total. The van der Waals surface area contributed by atoms with Crippen molar-refractivity contribution in [3.8, 4) is 0 Å². The van der Waals surface area contributed by atoms with Gasteiger partial charge in [-0.15, -0.1) is 0 Å². The second-order valence-electron chi connectivity index (χ2n) is 6.90. The van der Waals surface area contributed by atoms with Crippen LogP contribution in [0.1, 0.15) is 43.4 Å². The number of amidine groups is 1. The van der Waals surface area contributed by atoms with E-state index >= 15 is 0 Å². The molecule has 1 amide bonds. The number of pyridine rings is 2. The topological polar surface area (TPSA) is 58.5 Å². The summed E-state index contributed by atoms with van der Waals surface area (Å²) in [5, 5.41) is 0.736. The fourth-order valence-electron chi connectivity index (χ4n) is 3.53. The van der Waals surface area contributed by atoms with Crippen molar-refractivity contribution in [3.05, 3.63) is 58.9 Å². The van der Waals surface area contributed by atoms with Crippen molar-refractivity contribution in [2.24, 2.45) is 4.99 Å². The molecule has 6 heteroatoms. The van der Waals surface area contributed by atoms with Gasteiger partial charge >= 0.3 is 0 Å². The average molecular weight is 379 g/mol. The Morgan fingerprint density at radius 3 is 2.78 bits per heavy atom. The molecule has 5 nitrogen and oxygen atoms in total.